The molecule has 5 nitrogen and oxygen atoms in total. The normalized spacial score (nSPS) is 17.3. The van der Waals surface area contributed by atoms with Crippen LogP contribution in [0.2, 0.25) is 0 Å². The van der Waals surface area contributed by atoms with Crippen molar-refractivity contribution in [2.75, 3.05) is 19.5 Å². The lowest BCUT2D eigenvalue weighted by Crippen LogP contribution is -2.35. The maximum absolute atomic E-state index is 12.4. The molecule has 0 saturated carbocycles. The highest BCUT2D eigenvalue weighted by Gasteiger charge is 2.38. The van der Waals surface area contributed by atoms with Gasteiger partial charge in [-0.1, -0.05) is 6.07 Å². The highest BCUT2D eigenvalue weighted by atomic mass is 32.2. The predicted octanol–water partition coefficient (Wildman–Crippen LogP) is 1.73. The molecule has 0 radical (unpaired) electrons. The number of ketones is 2. The van der Waals surface area contributed by atoms with E-state index in [0.29, 0.717) is 11.3 Å². The molecule has 1 aliphatic heterocycles. The first-order valence-electron chi connectivity index (χ1n) is 6.15. The number of esters is 1. The number of methoxy groups -OCH3 is 1. The van der Waals surface area contributed by atoms with Crippen LogP contribution in [0.25, 0.3) is 0 Å². The zero-order valence-corrected chi connectivity index (χ0v) is 12.0. The van der Waals surface area contributed by atoms with Crippen LogP contribution in [0.1, 0.15) is 17.3 Å². The van der Waals surface area contributed by atoms with Gasteiger partial charge in [-0.25, -0.2) is 4.79 Å². The third kappa shape index (κ3) is 2.56. The van der Waals surface area contributed by atoms with Gasteiger partial charge in [0.25, 0.3) is 5.78 Å². The summed E-state index contributed by atoms with van der Waals surface area (Å²) in [5.74, 6) is -2.46. The van der Waals surface area contributed by atoms with Crippen molar-refractivity contribution < 1.29 is 23.9 Å². The molecular weight excluding hydrogens is 280 g/mol. The van der Waals surface area contributed by atoms with E-state index in [9.17, 15) is 14.4 Å². The largest absolute Gasteiger partial charge is 0.496 e. The van der Waals surface area contributed by atoms with E-state index in [0.717, 1.165) is 4.90 Å². The van der Waals surface area contributed by atoms with E-state index in [4.69, 9.17) is 4.74 Å². The molecule has 0 saturated heterocycles. The molecule has 106 valence electrons. The van der Waals surface area contributed by atoms with Crippen LogP contribution >= 0.6 is 11.8 Å². The van der Waals surface area contributed by atoms with Crippen LogP contribution in [-0.4, -0.2) is 37.0 Å². The van der Waals surface area contributed by atoms with Crippen molar-refractivity contribution in [1.29, 1.82) is 0 Å². The molecular formula is C14H14O5S. The first kappa shape index (κ1) is 14.6. The van der Waals surface area contributed by atoms with Crippen LogP contribution in [0.3, 0.4) is 0 Å². The summed E-state index contributed by atoms with van der Waals surface area (Å²) in [6, 6.07) is 5.24. The van der Waals surface area contributed by atoms with Gasteiger partial charge in [-0.2, -0.15) is 0 Å². The van der Waals surface area contributed by atoms with E-state index in [1.165, 1.54) is 18.9 Å². The molecule has 1 heterocycles. The van der Waals surface area contributed by atoms with Crippen LogP contribution in [0, 0.1) is 5.92 Å². The van der Waals surface area contributed by atoms with E-state index >= 15 is 0 Å². The summed E-state index contributed by atoms with van der Waals surface area (Å²) >= 11 is 1.36. The van der Waals surface area contributed by atoms with E-state index in [1.807, 2.05) is 0 Å². The monoisotopic (exact) mass is 294 g/mol. The van der Waals surface area contributed by atoms with Crippen molar-refractivity contribution in [3.05, 3.63) is 23.8 Å². The van der Waals surface area contributed by atoms with Gasteiger partial charge in [0.05, 0.1) is 19.3 Å². The molecule has 1 aromatic rings. The molecule has 1 aromatic carbocycles. The molecule has 0 N–H and O–H groups in total. The fourth-order valence-electron chi connectivity index (χ4n) is 2.01. The molecule has 0 bridgehead atoms. The van der Waals surface area contributed by atoms with Gasteiger partial charge in [0, 0.05) is 10.6 Å². The standard InChI is InChI=1S/C14H14O5S/c1-3-19-14(17)13(16)8-7-20-10-6-4-5-9(18-2)11(10)12(8)15/h4-6,8H,3,7H2,1-2H3. The van der Waals surface area contributed by atoms with Crippen molar-refractivity contribution in [3.63, 3.8) is 0 Å². The summed E-state index contributed by atoms with van der Waals surface area (Å²) < 4.78 is 9.83. The maximum Gasteiger partial charge on any atom is 0.375 e. The molecule has 0 fully saturated rings. The Kier molecular flexibility index (Phi) is 4.44. The molecule has 1 unspecified atom stereocenters. The number of carbonyl (C=O) groups is 3. The Balaban J connectivity index is 2.32. The maximum atomic E-state index is 12.4. The topological polar surface area (TPSA) is 69.7 Å². The van der Waals surface area contributed by atoms with Crippen molar-refractivity contribution in [3.8, 4) is 5.75 Å². The Morgan fingerprint density at radius 2 is 2.15 bits per heavy atom. The van der Waals surface area contributed by atoms with E-state index in [2.05, 4.69) is 4.74 Å². The minimum Gasteiger partial charge on any atom is -0.496 e. The SMILES string of the molecule is CCOC(=O)C(=O)C1CSc2cccc(OC)c2C1=O. The van der Waals surface area contributed by atoms with Crippen LogP contribution < -0.4 is 4.74 Å². The van der Waals surface area contributed by atoms with Crippen LogP contribution in [0.4, 0.5) is 0 Å². The lowest BCUT2D eigenvalue weighted by atomic mass is 9.94. The molecule has 0 amide bonds. The number of ether oxygens (including phenoxy) is 2. The van der Waals surface area contributed by atoms with Gasteiger partial charge in [0.2, 0.25) is 0 Å². The summed E-state index contributed by atoms with van der Waals surface area (Å²) in [4.78, 5) is 36.6. The van der Waals surface area contributed by atoms with Crippen molar-refractivity contribution >= 4 is 29.3 Å². The van der Waals surface area contributed by atoms with Crippen molar-refractivity contribution in [2.45, 2.75) is 11.8 Å². The number of Topliss-reactive ketones (excluding diaryl/α,β-unsaturated/α-hetero) is 2. The highest BCUT2D eigenvalue weighted by molar-refractivity contribution is 7.99. The second kappa shape index (κ2) is 6.09. The molecule has 1 atom stereocenters. The number of rotatable bonds is 4. The summed E-state index contributed by atoms with van der Waals surface area (Å²) in [6.07, 6.45) is 0. The predicted molar refractivity (Wildman–Crippen MR) is 73.2 cm³/mol. The molecule has 0 aliphatic carbocycles. The third-order valence-corrected chi connectivity index (χ3v) is 4.12. The smallest absolute Gasteiger partial charge is 0.375 e. The van der Waals surface area contributed by atoms with Gasteiger partial charge >= 0.3 is 5.97 Å². The average molecular weight is 294 g/mol. The molecule has 6 heteroatoms. The molecule has 1 aliphatic rings. The van der Waals surface area contributed by atoms with Crippen LogP contribution in [-0.2, 0) is 14.3 Å². The van der Waals surface area contributed by atoms with E-state index in [-0.39, 0.29) is 18.1 Å². The third-order valence-electron chi connectivity index (χ3n) is 2.97. The van der Waals surface area contributed by atoms with Crippen LogP contribution in [0.5, 0.6) is 5.75 Å². The second-order valence-corrected chi connectivity index (χ2v) is 5.21. The average Bonchev–Trinajstić information content (AvgIpc) is 2.46. The highest BCUT2D eigenvalue weighted by Crippen LogP contribution is 2.38. The number of fused-ring (bicyclic) bond motifs is 1. The zero-order valence-electron chi connectivity index (χ0n) is 11.2. The fraction of sp³-hybridized carbons (Fsp3) is 0.357. The van der Waals surface area contributed by atoms with Gasteiger partial charge in [0.1, 0.15) is 11.7 Å². The Hall–Kier alpha value is -1.82. The summed E-state index contributed by atoms with van der Waals surface area (Å²) in [6.45, 7) is 1.72. The van der Waals surface area contributed by atoms with Crippen molar-refractivity contribution in [2.24, 2.45) is 5.92 Å². The fourth-order valence-corrected chi connectivity index (χ4v) is 3.18. The number of hydrogen-bond acceptors (Lipinski definition) is 6. The summed E-state index contributed by atoms with van der Waals surface area (Å²) in [5.41, 5.74) is 0.369. The van der Waals surface area contributed by atoms with Crippen molar-refractivity contribution in [1.82, 2.24) is 0 Å². The minimum absolute atomic E-state index is 0.110. The second-order valence-electron chi connectivity index (χ2n) is 4.15. The number of hydrogen-bond donors (Lipinski definition) is 0. The Bertz CT molecular complexity index is 552. The van der Waals surface area contributed by atoms with Crippen LogP contribution in [0.15, 0.2) is 23.1 Å². The van der Waals surface area contributed by atoms with Gasteiger partial charge in [-0.05, 0) is 19.1 Å². The lowest BCUT2D eigenvalue weighted by Gasteiger charge is -2.22. The summed E-state index contributed by atoms with van der Waals surface area (Å²) in [5, 5.41) is 0. The molecule has 2 rings (SSSR count). The lowest BCUT2D eigenvalue weighted by molar-refractivity contribution is -0.154. The van der Waals surface area contributed by atoms with Gasteiger partial charge in [-0.3, -0.25) is 9.59 Å². The molecule has 20 heavy (non-hydrogen) atoms. The quantitative estimate of drug-likeness (QED) is 0.478. The Labute approximate surface area is 120 Å². The first-order chi connectivity index (χ1) is 9.60. The molecule has 0 aromatic heterocycles. The van der Waals surface area contributed by atoms with E-state index in [1.54, 1.807) is 25.1 Å². The number of benzene rings is 1. The Morgan fingerprint density at radius 1 is 1.40 bits per heavy atom. The van der Waals surface area contributed by atoms with E-state index < -0.39 is 17.7 Å². The summed E-state index contributed by atoms with van der Waals surface area (Å²) in [7, 11) is 1.46. The van der Waals surface area contributed by atoms with Gasteiger partial charge < -0.3 is 9.47 Å². The number of thioether (sulfide) groups is 1. The van der Waals surface area contributed by atoms with Gasteiger partial charge in [-0.15, -0.1) is 11.8 Å². The van der Waals surface area contributed by atoms with Gasteiger partial charge in [0.15, 0.2) is 5.78 Å². The minimum atomic E-state index is -0.997. The Morgan fingerprint density at radius 3 is 2.80 bits per heavy atom. The first-order valence-corrected chi connectivity index (χ1v) is 7.13. The zero-order chi connectivity index (χ0) is 14.7. The number of carbonyl (C=O) groups excluding carboxylic acids is 3. The molecule has 0 spiro atoms.